The molecule has 0 bridgehead atoms. The van der Waals surface area contributed by atoms with Crippen LogP contribution in [0.3, 0.4) is 0 Å². The Morgan fingerprint density at radius 3 is 3.00 bits per heavy atom. The first-order valence-corrected chi connectivity index (χ1v) is 3.97. The maximum absolute atomic E-state index is 9.96. The van der Waals surface area contributed by atoms with Gasteiger partial charge in [0.25, 0.3) is 0 Å². The third kappa shape index (κ3) is 2.09. The van der Waals surface area contributed by atoms with Crippen molar-refractivity contribution in [3.05, 3.63) is 28.0 Å². The summed E-state index contributed by atoms with van der Waals surface area (Å²) in [7, 11) is 0. The molecule has 0 saturated heterocycles. The van der Waals surface area contributed by atoms with Crippen LogP contribution in [0.1, 0.15) is 5.69 Å². The number of rotatable bonds is 3. The fourth-order valence-corrected chi connectivity index (χ4v) is 1.07. The van der Waals surface area contributed by atoms with Crippen LogP contribution in [0.4, 0.5) is 0 Å². The van der Waals surface area contributed by atoms with Crippen LogP contribution < -0.4 is 5.32 Å². The summed E-state index contributed by atoms with van der Waals surface area (Å²) in [5.74, 6) is 0. The first kappa shape index (κ1) is 9.29. The van der Waals surface area contributed by atoms with Crippen molar-refractivity contribution in [3.63, 3.8) is 0 Å². The van der Waals surface area contributed by atoms with E-state index in [1.54, 1.807) is 6.07 Å². The molecule has 0 spiro atoms. The van der Waals surface area contributed by atoms with Gasteiger partial charge in [-0.2, -0.15) is 0 Å². The highest BCUT2D eigenvalue weighted by Gasteiger charge is 2.03. The van der Waals surface area contributed by atoms with Gasteiger partial charge in [-0.1, -0.05) is 23.2 Å². The summed E-state index contributed by atoms with van der Waals surface area (Å²) in [6.45, 7) is 0.295. The van der Waals surface area contributed by atoms with Crippen molar-refractivity contribution in [1.29, 1.82) is 0 Å². The van der Waals surface area contributed by atoms with Crippen molar-refractivity contribution in [3.8, 4) is 0 Å². The molecule has 12 heavy (non-hydrogen) atoms. The maximum Gasteiger partial charge on any atom is 0.207 e. The zero-order chi connectivity index (χ0) is 8.97. The third-order valence-electron chi connectivity index (χ3n) is 1.27. The lowest BCUT2D eigenvalue weighted by Crippen LogP contribution is -2.11. The summed E-state index contributed by atoms with van der Waals surface area (Å²) in [5.41, 5.74) is 0.566. The zero-order valence-electron chi connectivity index (χ0n) is 6.05. The number of carbonyl (C=O) groups is 1. The Morgan fingerprint density at radius 1 is 1.58 bits per heavy atom. The number of amides is 1. The highest BCUT2D eigenvalue weighted by molar-refractivity contribution is 6.42. The Kier molecular flexibility index (Phi) is 3.31. The summed E-state index contributed by atoms with van der Waals surface area (Å²) in [5, 5.41) is 3.27. The quantitative estimate of drug-likeness (QED) is 0.762. The van der Waals surface area contributed by atoms with Crippen LogP contribution in [0.15, 0.2) is 12.3 Å². The van der Waals surface area contributed by atoms with Gasteiger partial charge in [-0.05, 0) is 6.07 Å². The summed E-state index contributed by atoms with van der Waals surface area (Å²) in [6, 6.07) is 1.59. The summed E-state index contributed by atoms with van der Waals surface area (Å²) < 4.78 is 0. The molecule has 0 aliphatic carbocycles. The molecule has 0 atom stereocenters. The van der Waals surface area contributed by atoms with Gasteiger partial charge < -0.3 is 5.32 Å². The van der Waals surface area contributed by atoms with Crippen molar-refractivity contribution in [2.45, 2.75) is 6.54 Å². The van der Waals surface area contributed by atoms with Crippen LogP contribution in [-0.2, 0) is 11.3 Å². The minimum Gasteiger partial charge on any atom is -0.353 e. The minimum atomic E-state index is 0.295. The first-order chi connectivity index (χ1) is 5.75. The molecular weight excluding hydrogens is 199 g/mol. The fourth-order valence-electron chi connectivity index (χ4n) is 0.722. The van der Waals surface area contributed by atoms with Gasteiger partial charge in [0.2, 0.25) is 6.41 Å². The van der Waals surface area contributed by atoms with Gasteiger partial charge in [-0.3, -0.25) is 9.78 Å². The van der Waals surface area contributed by atoms with Crippen LogP contribution in [0.5, 0.6) is 0 Å². The molecule has 5 heteroatoms. The fraction of sp³-hybridized carbons (Fsp3) is 0.143. The number of nitrogens with zero attached hydrogens (tertiary/aromatic N) is 1. The molecule has 1 aromatic rings. The second kappa shape index (κ2) is 4.28. The smallest absolute Gasteiger partial charge is 0.207 e. The predicted molar refractivity (Wildman–Crippen MR) is 47.2 cm³/mol. The van der Waals surface area contributed by atoms with E-state index in [9.17, 15) is 4.79 Å². The zero-order valence-corrected chi connectivity index (χ0v) is 7.56. The lowest BCUT2D eigenvalue weighted by Gasteiger charge is -2.02. The average molecular weight is 205 g/mol. The van der Waals surface area contributed by atoms with Crippen LogP contribution in [0.25, 0.3) is 0 Å². The summed E-state index contributed by atoms with van der Waals surface area (Å²) in [6.07, 6.45) is 2.12. The van der Waals surface area contributed by atoms with Gasteiger partial charge >= 0.3 is 0 Å². The van der Waals surface area contributed by atoms with Gasteiger partial charge in [0.05, 0.1) is 22.3 Å². The number of aromatic nitrogens is 1. The van der Waals surface area contributed by atoms with Crippen LogP contribution in [0.2, 0.25) is 10.0 Å². The highest BCUT2D eigenvalue weighted by atomic mass is 35.5. The van der Waals surface area contributed by atoms with Crippen molar-refractivity contribution in [2.24, 2.45) is 0 Å². The first-order valence-electron chi connectivity index (χ1n) is 3.21. The molecule has 1 amide bonds. The molecule has 0 aliphatic rings. The molecular formula is C7H6Cl2N2O. The van der Waals surface area contributed by atoms with E-state index >= 15 is 0 Å². The molecule has 1 rings (SSSR count). The van der Waals surface area contributed by atoms with E-state index in [-0.39, 0.29) is 0 Å². The second-order valence-electron chi connectivity index (χ2n) is 2.05. The number of pyridine rings is 1. The minimum absolute atomic E-state index is 0.295. The Hall–Kier alpha value is -0.800. The molecule has 3 nitrogen and oxygen atoms in total. The van der Waals surface area contributed by atoms with E-state index in [0.29, 0.717) is 28.7 Å². The van der Waals surface area contributed by atoms with Crippen molar-refractivity contribution >= 4 is 29.6 Å². The molecule has 1 N–H and O–H groups in total. The number of nitrogens with one attached hydrogen (secondary N) is 1. The van der Waals surface area contributed by atoms with Crippen molar-refractivity contribution in [1.82, 2.24) is 10.3 Å². The van der Waals surface area contributed by atoms with Crippen LogP contribution in [-0.4, -0.2) is 11.4 Å². The summed E-state index contributed by atoms with van der Waals surface area (Å²) in [4.78, 5) is 13.9. The lowest BCUT2D eigenvalue weighted by molar-refractivity contribution is -0.109. The van der Waals surface area contributed by atoms with E-state index < -0.39 is 0 Å². The lowest BCUT2D eigenvalue weighted by atomic mass is 10.3. The molecule has 1 aromatic heterocycles. The van der Waals surface area contributed by atoms with Gasteiger partial charge in [0.15, 0.2) is 0 Å². The van der Waals surface area contributed by atoms with Gasteiger partial charge in [-0.25, -0.2) is 0 Å². The molecule has 64 valence electrons. The molecule has 0 aromatic carbocycles. The second-order valence-corrected chi connectivity index (χ2v) is 2.84. The number of carbonyl (C=O) groups excluding carboxylic acids is 1. The number of hydrogen-bond donors (Lipinski definition) is 1. The molecule has 0 radical (unpaired) electrons. The van der Waals surface area contributed by atoms with E-state index in [1.807, 2.05) is 0 Å². The van der Waals surface area contributed by atoms with Crippen molar-refractivity contribution < 1.29 is 4.79 Å². The van der Waals surface area contributed by atoms with Crippen molar-refractivity contribution in [2.75, 3.05) is 0 Å². The van der Waals surface area contributed by atoms with Gasteiger partial charge in [0.1, 0.15) is 0 Å². The van der Waals surface area contributed by atoms with Gasteiger partial charge in [0, 0.05) is 6.20 Å². The predicted octanol–water partition coefficient (Wildman–Crippen LogP) is 1.63. The SMILES string of the molecule is O=CNCc1nccc(Cl)c1Cl. The maximum atomic E-state index is 9.96. The number of halogens is 2. The normalized spacial score (nSPS) is 9.50. The van der Waals surface area contributed by atoms with E-state index in [2.05, 4.69) is 10.3 Å². The van der Waals surface area contributed by atoms with E-state index in [0.717, 1.165) is 0 Å². The Balaban J connectivity index is 2.84. The monoisotopic (exact) mass is 204 g/mol. The Morgan fingerprint density at radius 2 is 2.33 bits per heavy atom. The molecule has 0 fully saturated rings. The third-order valence-corrected chi connectivity index (χ3v) is 2.10. The standard InChI is InChI=1S/C7H6Cl2N2O/c8-5-1-2-11-6(7(5)9)3-10-4-12/h1-2,4H,3H2,(H,10,12). The van der Waals surface area contributed by atoms with E-state index in [4.69, 9.17) is 23.2 Å². The average Bonchev–Trinajstić information content (AvgIpc) is 2.08. The van der Waals surface area contributed by atoms with E-state index in [1.165, 1.54) is 6.20 Å². The Bertz CT molecular complexity index is 291. The molecule has 0 saturated carbocycles. The number of hydrogen-bond acceptors (Lipinski definition) is 2. The topological polar surface area (TPSA) is 42.0 Å². The summed E-state index contributed by atoms with van der Waals surface area (Å²) >= 11 is 11.5. The van der Waals surface area contributed by atoms with Crippen LogP contribution in [0, 0.1) is 0 Å². The van der Waals surface area contributed by atoms with Gasteiger partial charge in [-0.15, -0.1) is 0 Å². The van der Waals surface area contributed by atoms with Crippen LogP contribution >= 0.6 is 23.2 Å². The largest absolute Gasteiger partial charge is 0.353 e. The molecule has 0 unspecified atom stereocenters. The Labute approximate surface area is 79.7 Å². The molecule has 1 heterocycles. The highest BCUT2D eigenvalue weighted by Crippen LogP contribution is 2.23. The molecule has 0 aliphatic heterocycles.